The zero-order valence-electron chi connectivity index (χ0n) is 5.39. The molecule has 3 saturated carbocycles. The van der Waals surface area contributed by atoms with Crippen molar-refractivity contribution in [2.45, 2.75) is 19.3 Å². The second-order valence-electron chi connectivity index (χ2n) is 3.15. The molecule has 3 aliphatic carbocycles. The Bertz CT molecular complexity index is 165. The van der Waals surface area contributed by atoms with Gasteiger partial charge in [-0.2, -0.15) is 0 Å². The van der Waals surface area contributed by atoms with Gasteiger partial charge in [0.1, 0.15) is 5.78 Å². The van der Waals surface area contributed by atoms with Crippen LogP contribution in [0.5, 0.6) is 0 Å². The summed E-state index contributed by atoms with van der Waals surface area (Å²) in [4.78, 5) is 10.8. The number of hydrogen-bond donors (Lipinski definition) is 0. The molecule has 0 saturated heterocycles. The number of hydrogen-bond acceptors (Lipinski definition) is 1. The number of rotatable bonds is 0. The largest absolute Gasteiger partial charge is 0.300 e. The van der Waals surface area contributed by atoms with Crippen molar-refractivity contribution >= 4 is 5.78 Å². The van der Waals surface area contributed by atoms with E-state index in [0.717, 1.165) is 12.8 Å². The van der Waals surface area contributed by atoms with E-state index >= 15 is 0 Å². The molecule has 2 atom stereocenters. The summed E-state index contributed by atoms with van der Waals surface area (Å²) in [5.41, 5.74) is 1.34. The maximum atomic E-state index is 10.8. The van der Waals surface area contributed by atoms with Gasteiger partial charge < -0.3 is 0 Å². The summed E-state index contributed by atoms with van der Waals surface area (Å²) in [7, 11) is 0. The minimum atomic E-state index is 0.448. The van der Waals surface area contributed by atoms with E-state index < -0.39 is 0 Å². The second kappa shape index (κ2) is 1.47. The van der Waals surface area contributed by atoms with E-state index in [-0.39, 0.29) is 0 Å². The van der Waals surface area contributed by atoms with Crippen LogP contribution in [0.3, 0.4) is 0 Å². The van der Waals surface area contributed by atoms with E-state index in [1.807, 2.05) is 0 Å². The number of Topliss-reactive ketones (excluding diaryl/α,β-unsaturated/α-hetero) is 1. The monoisotopic (exact) mass is 122 g/mol. The molecule has 2 bridgehead atoms. The maximum absolute atomic E-state index is 10.8. The molecule has 0 aliphatic heterocycles. The highest BCUT2D eigenvalue weighted by atomic mass is 16.1. The molecule has 9 heavy (non-hydrogen) atoms. The molecular formula is C8H10O. The van der Waals surface area contributed by atoms with Crippen LogP contribution in [0.25, 0.3) is 0 Å². The molecule has 0 aromatic heterocycles. The minimum absolute atomic E-state index is 0.448. The molecule has 0 heterocycles. The second-order valence-corrected chi connectivity index (χ2v) is 3.15. The predicted octanol–water partition coefficient (Wildman–Crippen LogP) is 1.54. The van der Waals surface area contributed by atoms with Crippen molar-refractivity contribution in [3.8, 4) is 0 Å². The molecule has 0 spiro atoms. The molecular weight excluding hydrogens is 112 g/mol. The van der Waals surface area contributed by atoms with E-state index in [1.165, 1.54) is 12.0 Å². The highest BCUT2D eigenvalue weighted by Crippen LogP contribution is 2.47. The number of fused-ring (bicyclic) bond motifs is 2. The fourth-order valence-electron chi connectivity index (χ4n) is 1.88. The van der Waals surface area contributed by atoms with Crippen molar-refractivity contribution in [1.29, 1.82) is 0 Å². The zero-order valence-corrected chi connectivity index (χ0v) is 5.39. The first kappa shape index (κ1) is 5.21. The van der Waals surface area contributed by atoms with Gasteiger partial charge in [0.15, 0.2) is 0 Å². The van der Waals surface area contributed by atoms with Gasteiger partial charge in [0.05, 0.1) is 0 Å². The maximum Gasteiger partial charge on any atom is 0.134 e. The highest BCUT2D eigenvalue weighted by molar-refractivity contribution is 5.82. The first-order chi connectivity index (χ1) is 4.27. The number of ketones is 1. The fraction of sp³-hybridized carbons (Fsp3) is 0.625. The normalized spacial score (nSPS) is 40.4. The lowest BCUT2D eigenvalue weighted by Gasteiger charge is -2.42. The summed E-state index contributed by atoms with van der Waals surface area (Å²) in [6.07, 6.45) is 2.81. The fourth-order valence-corrected chi connectivity index (χ4v) is 1.88. The van der Waals surface area contributed by atoms with Crippen LogP contribution >= 0.6 is 0 Å². The summed E-state index contributed by atoms with van der Waals surface area (Å²) in [6.45, 7) is 3.93. The molecule has 48 valence electrons. The van der Waals surface area contributed by atoms with Gasteiger partial charge in [-0.3, -0.25) is 4.79 Å². The van der Waals surface area contributed by atoms with Gasteiger partial charge in [-0.1, -0.05) is 12.2 Å². The number of carbonyl (C=O) groups is 1. The van der Waals surface area contributed by atoms with Crippen molar-refractivity contribution < 1.29 is 4.79 Å². The SMILES string of the molecule is C=C1C2CC(=O)CC1C2. The van der Waals surface area contributed by atoms with Gasteiger partial charge in [0.25, 0.3) is 0 Å². The Balaban J connectivity index is 2.17. The topological polar surface area (TPSA) is 17.1 Å². The van der Waals surface area contributed by atoms with Crippen molar-refractivity contribution in [2.75, 3.05) is 0 Å². The van der Waals surface area contributed by atoms with E-state index in [1.54, 1.807) is 0 Å². The van der Waals surface area contributed by atoms with Gasteiger partial charge in [-0.25, -0.2) is 0 Å². The third kappa shape index (κ3) is 0.576. The molecule has 3 rings (SSSR count). The summed E-state index contributed by atoms with van der Waals surface area (Å²) < 4.78 is 0. The van der Waals surface area contributed by atoms with Crippen LogP contribution in [0.1, 0.15) is 19.3 Å². The van der Waals surface area contributed by atoms with Gasteiger partial charge in [-0.15, -0.1) is 0 Å². The van der Waals surface area contributed by atoms with Gasteiger partial charge in [0, 0.05) is 12.8 Å². The van der Waals surface area contributed by atoms with Crippen molar-refractivity contribution in [3.63, 3.8) is 0 Å². The quantitative estimate of drug-likeness (QED) is 0.445. The van der Waals surface area contributed by atoms with Crippen LogP contribution in [0.15, 0.2) is 12.2 Å². The van der Waals surface area contributed by atoms with Gasteiger partial charge in [-0.05, 0) is 18.3 Å². The van der Waals surface area contributed by atoms with Crippen LogP contribution in [-0.4, -0.2) is 5.78 Å². The average molecular weight is 122 g/mol. The van der Waals surface area contributed by atoms with Crippen molar-refractivity contribution in [2.24, 2.45) is 11.8 Å². The van der Waals surface area contributed by atoms with E-state index in [2.05, 4.69) is 6.58 Å². The Labute approximate surface area is 54.8 Å². The van der Waals surface area contributed by atoms with Crippen LogP contribution in [0, 0.1) is 11.8 Å². The Morgan fingerprint density at radius 2 is 1.89 bits per heavy atom. The Kier molecular flexibility index (Phi) is 0.850. The third-order valence-corrected chi connectivity index (χ3v) is 2.57. The standard InChI is InChI=1S/C8H10O/c1-5-6-2-7(5)4-8(9)3-6/h6-7H,1-4H2. The van der Waals surface area contributed by atoms with Crippen LogP contribution in [0.2, 0.25) is 0 Å². The van der Waals surface area contributed by atoms with Gasteiger partial charge in [0.2, 0.25) is 0 Å². The van der Waals surface area contributed by atoms with Gasteiger partial charge >= 0.3 is 0 Å². The van der Waals surface area contributed by atoms with Crippen LogP contribution in [0.4, 0.5) is 0 Å². The summed E-state index contributed by atoms with van der Waals surface area (Å²) in [6, 6.07) is 0. The first-order valence-electron chi connectivity index (χ1n) is 3.48. The Hall–Kier alpha value is -0.590. The van der Waals surface area contributed by atoms with E-state index in [4.69, 9.17) is 0 Å². The molecule has 0 amide bonds. The zero-order chi connectivity index (χ0) is 6.43. The molecule has 0 N–H and O–H groups in total. The summed E-state index contributed by atoms with van der Waals surface area (Å²) in [5, 5.41) is 0. The summed E-state index contributed by atoms with van der Waals surface area (Å²) >= 11 is 0. The number of carbonyl (C=O) groups excluding carboxylic acids is 1. The molecule has 2 unspecified atom stereocenters. The molecule has 0 aromatic rings. The lowest BCUT2D eigenvalue weighted by molar-refractivity contribution is -0.124. The lowest BCUT2D eigenvalue weighted by atomic mass is 9.61. The smallest absolute Gasteiger partial charge is 0.134 e. The van der Waals surface area contributed by atoms with E-state index in [9.17, 15) is 4.79 Å². The number of allylic oxidation sites excluding steroid dienone is 1. The molecule has 3 aliphatic rings. The predicted molar refractivity (Wildman–Crippen MR) is 35.0 cm³/mol. The average Bonchev–Trinajstić information content (AvgIpc) is 1.87. The molecule has 1 heteroatoms. The summed E-state index contributed by atoms with van der Waals surface area (Å²) in [5.74, 6) is 1.61. The lowest BCUT2D eigenvalue weighted by Crippen LogP contribution is -2.36. The molecule has 0 aromatic carbocycles. The Morgan fingerprint density at radius 1 is 1.33 bits per heavy atom. The Morgan fingerprint density at radius 3 is 2.22 bits per heavy atom. The molecule has 0 radical (unpaired) electrons. The minimum Gasteiger partial charge on any atom is -0.300 e. The first-order valence-corrected chi connectivity index (χ1v) is 3.48. The molecule has 1 nitrogen and oxygen atoms in total. The van der Waals surface area contributed by atoms with E-state index in [0.29, 0.717) is 17.6 Å². The third-order valence-electron chi connectivity index (χ3n) is 2.57. The molecule has 3 fully saturated rings. The van der Waals surface area contributed by atoms with Crippen molar-refractivity contribution in [3.05, 3.63) is 12.2 Å². The van der Waals surface area contributed by atoms with Crippen LogP contribution < -0.4 is 0 Å². The van der Waals surface area contributed by atoms with Crippen molar-refractivity contribution in [1.82, 2.24) is 0 Å². The van der Waals surface area contributed by atoms with Crippen LogP contribution in [-0.2, 0) is 4.79 Å². The highest BCUT2D eigenvalue weighted by Gasteiger charge is 2.40.